The zero-order valence-electron chi connectivity index (χ0n) is 11.2. The SMILES string of the molecule is Cc1cc(NCC2CCCC2CO)ccc1C(=O)O. The van der Waals surface area contributed by atoms with Crippen molar-refractivity contribution in [3.8, 4) is 0 Å². The average molecular weight is 263 g/mol. The minimum Gasteiger partial charge on any atom is -0.478 e. The Hall–Kier alpha value is -1.55. The highest BCUT2D eigenvalue weighted by Gasteiger charge is 2.26. The van der Waals surface area contributed by atoms with Crippen LogP contribution in [0.15, 0.2) is 18.2 Å². The summed E-state index contributed by atoms with van der Waals surface area (Å²) in [5.41, 5.74) is 2.06. The van der Waals surface area contributed by atoms with Gasteiger partial charge in [-0.25, -0.2) is 4.79 Å². The van der Waals surface area contributed by atoms with Crippen LogP contribution in [0, 0.1) is 18.8 Å². The fourth-order valence-corrected chi connectivity index (χ4v) is 2.89. The van der Waals surface area contributed by atoms with Crippen molar-refractivity contribution in [2.75, 3.05) is 18.5 Å². The standard InChI is InChI=1S/C15H21NO3/c1-10-7-13(5-6-14(10)15(18)19)16-8-11-3-2-4-12(11)9-17/h5-7,11-12,16-17H,2-4,8-9H2,1H3,(H,18,19). The molecule has 1 saturated carbocycles. The molecular weight excluding hydrogens is 242 g/mol. The van der Waals surface area contributed by atoms with Crippen molar-refractivity contribution in [3.05, 3.63) is 29.3 Å². The lowest BCUT2D eigenvalue weighted by Crippen LogP contribution is -2.20. The van der Waals surface area contributed by atoms with Gasteiger partial charge in [0.25, 0.3) is 0 Å². The number of hydrogen-bond donors (Lipinski definition) is 3. The monoisotopic (exact) mass is 263 g/mol. The first-order chi connectivity index (χ1) is 9.11. The van der Waals surface area contributed by atoms with Crippen LogP contribution in [-0.4, -0.2) is 29.3 Å². The molecule has 4 heteroatoms. The molecule has 1 aliphatic carbocycles. The number of carboxylic acid groups (broad SMARTS) is 1. The Kier molecular flexibility index (Phi) is 4.43. The number of aryl methyl sites for hydroxylation is 1. The molecule has 0 heterocycles. The van der Waals surface area contributed by atoms with Gasteiger partial charge >= 0.3 is 5.97 Å². The average Bonchev–Trinajstić information content (AvgIpc) is 2.83. The second-order valence-electron chi connectivity index (χ2n) is 5.35. The van der Waals surface area contributed by atoms with Gasteiger partial charge in [0.15, 0.2) is 0 Å². The Labute approximate surface area is 113 Å². The van der Waals surface area contributed by atoms with Crippen LogP contribution >= 0.6 is 0 Å². The number of aromatic carboxylic acids is 1. The number of benzene rings is 1. The minimum atomic E-state index is -0.889. The van der Waals surface area contributed by atoms with Gasteiger partial charge < -0.3 is 15.5 Å². The second kappa shape index (κ2) is 6.06. The highest BCUT2D eigenvalue weighted by Crippen LogP contribution is 2.31. The summed E-state index contributed by atoms with van der Waals surface area (Å²) in [7, 11) is 0. The maximum atomic E-state index is 10.9. The van der Waals surface area contributed by atoms with Crippen LogP contribution in [0.5, 0.6) is 0 Å². The molecule has 2 rings (SSSR count). The molecular formula is C15H21NO3. The molecule has 0 aliphatic heterocycles. The van der Waals surface area contributed by atoms with Crippen LogP contribution in [0.1, 0.15) is 35.2 Å². The van der Waals surface area contributed by atoms with Gasteiger partial charge in [-0.1, -0.05) is 6.42 Å². The summed E-state index contributed by atoms with van der Waals surface area (Å²) in [4.78, 5) is 10.9. The van der Waals surface area contributed by atoms with Gasteiger partial charge in [-0.3, -0.25) is 0 Å². The predicted octanol–water partition coefficient (Wildman–Crippen LogP) is 2.51. The number of rotatable bonds is 5. The molecule has 0 amide bonds. The van der Waals surface area contributed by atoms with Gasteiger partial charge in [-0.2, -0.15) is 0 Å². The van der Waals surface area contributed by atoms with E-state index in [0.717, 1.165) is 30.6 Å². The fraction of sp³-hybridized carbons (Fsp3) is 0.533. The van der Waals surface area contributed by atoms with E-state index in [0.29, 0.717) is 17.4 Å². The molecule has 0 radical (unpaired) electrons. The van der Waals surface area contributed by atoms with Crippen LogP contribution in [-0.2, 0) is 0 Å². The lowest BCUT2D eigenvalue weighted by Gasteiger charge is -2.18. The summed E-state index contributed by atoms with van der Waals surface area (Å²) >= 11 is 0. The molecule has 4 nitrogen and oxygen atoms in total. The number of aliphatic hydroxyl groups is 1. The molecule has 0 spiro atoms. The van der Waals surface area contributed by atoms with Gasteiger partial charge in [0, 0.05) is 18.8 Å². The molecule has 104 valence electrons. The Morgan fingerprint density at radius 3 is 2.74 bits per heavy atom. The van der Waals surface area contributed by atoms with E-state index in [9.17, 15) is 9.90 Å². The number of carbonyl (C=O) groups is 1. The van der Waals surface area contributed by atoms with Crippen molar-refractivity contribution in [3.63, 3.8) is 0 Å². The first-order valence-electron chi connectivity index (χ1n) is 6.80. The summed E-state index contributed by atoms with van der Waals surface area (Å²) in [6.07, 6.45) is 3.46. The van der Waals surface area contributed by atoms with Crippen LogP contribution in [0.2, 0.25) is 0 Å². The summed E-state index contributed by atoms with van der Waals surface area (Å²) in [6.45, 7) is 2.92. The first-order valence-corrected chi connectivity index (χ1v) is 6.80. The number of anilines is 1. The van der Waals surface area contributed by atoms with E-state index >= 15 is 0 Å². The quantitative estimate of drug-likeness (QED) is 0.763. The van der Waals surface area contributed by atoms with E-state index in [4.69, 9.17) is 5.11 Å². The first kappa shape index (κ1) is 13.9. The smallest absolute Gasteiger partial charge is 0.335 e. The van der Waals surface area contributed by atoms with Crippen molar-refractivity contribution in [1.82, 2.24) is 0 Å². The third kappa shape index (κ3) is 3.26. The molecule has 3 N–H and O–H groups in total. The predicted molar refractivity (Wildman–Crippen MR) is 74.5 cm³/mol. The molecule has 19 heavy (non-hydrogen) atoms. The summed E-state index contributed by atoms with van der Waals surface area (Å²) < 4.78 is 0. The molecule has 1 aliphatic rings. The Morgan fingerprint density at radius 1 is 1.37 bits per heavy atom. The Morgan fingerprint density at radius 2 is 2.11 bits per heavy atom. The van der Waals surface area contributed by atoms with E-state index in [-0.39, 0.29) is 6.61 Å². The number of nitrogens with one attached hydrogen (secondary N) is 1. The lowest BCUT2D eigenvalue weighted by atomic mass is 9.97. The maximum absolute atomic E-state index is 10.9. The molecule has 0 saturated heterocycles. The van der Waals surface area contributed by atoms with Gasteiger partial charge in [0.1, 0.15) is 0 Å². The van der Waals surface area contributed by atoms with Crippen molar-refractivity contribution in [1.29, 1.82) is 0 Å². The van der Waals surface area contributed by atoms with Crippen LogP contribution in [0.3, 0.4) is 0 Å². The van der Waals surface area contributed by atoms with E-state index in [2.05, 4.69) is 5.32 Å². The largest absolute Gasteiger partial charge is 0.478 e. The van der Waals surface area contributed by atoms with Gasteiger partial charge in [-0.05, 0) is 55.4 Å². The summed E-state index contributed by atoms with van der Waals surface area (Å²) in [5, 5.41) is 21.6. The zero-order chi connectivity index (χ0) is 13.8. The minimum absolute atomic E-state index is 0.267. The highest BCUT2D eigenvalue weighted by molar-refractivity contribution is 5.89. The number of hydrogen-bond acceptors (Lipinski definition) is 3. The molecule has 2 unspecified atom stereocenters. The highest BCUT2D eigenvalue weighted by atomic mass is 16.4. The van der Waals surface area contributed by atoms with Gasteiger partial charge in [-0.15, -0.1) is 0 Å². The third-order valence-electron chi connectivity index (χ3n) is 4.08. The summed E-state index contributed by atoms with van der Waals surface area (Å²) in [6, 6.07) is 5.31. The second-order valence-corrected chi connectivity index (χ2v) is 5.35. The van der Waals surface area contributed by atoms with E-state index in [1.165, 1.54) is 6.42 Å². The van der Waals surface area contributed by atoms with Crippen LogP contribution in [0.25, 0.3) is 0 Å². The van der Waals surface area contributed by atoms with Crippen molar-refractivity contribution >= 4 is 11.7 Å². The van der Waals surface area contributed by atoms with Gasteiger partial charge in [0.05, 0.1) is 5.56 Å². The maximum Gasteiger partial charge on any atom is 0.335 e. The van der Waals surface area contributed by atoms with Gasteiger partial charge in [0.2, 0.25) is 0 Å². The molecule has 1 aromatic carbocycles. The van der Waals surface area contributed by atoms with Crippen molar-refractivity contribution in [2.45, 2.75) is 26.2 Å². The zero-order valence-corrected chi connectivity index (χ0v) is 11.2. The van der Waals surface area contributed by atoms with E-state index in [1.807, 2.05) is 6.07 Å². The molecule has 0 bridgehead atoms. The number of carboxylic acids is 1. The molecule has 1 fully saturated rings. The molecule has 0 aromatic heterocycles. The molecule has 1 aromatic rings. The number of aliphatic hydroxyl groups excluding tert-OH is 1. The lowest BCUT2D eigenvalue weighted by molar-refractivity contribution is 0.0696. The Balaban J connectivity index is 1.96. The van der Waals surface area contributed by atoms with Crippen molar-refractivity contribution in [2.24, 2.45) is 11.8 Å². The van der Waals surface area contributed by atoms with Crippen LogP contribution < -0.4 is 5.32 Å². The Bertz CT molecular complexity index is 459. The topological polar surface area (TPSA) is 69.6 Å². The van der Waals surface area contributed by atoms with Crippen LogP contribution in [0.4, 0.5) is 5.69 Å². The van der Waals surface area contributed by atoms with E-state index < -0.39 is 5.97 Å². The van der Waals surface area contributed by atoms with Crippen molar-refractivity contribution < 1.29 is 15.0 Å². The fourth-order valence-electron chi connectivity index (χ4n) is 2.89. The summed E-state index contributed by atoms with van der Waals surface area (Å²) in [5.74, 6) is 0.0385. The molecule has 2 atom stereocenters. The third-order valence-corrected chi connectivity index (χ3v) is 4.08. The normalized spacial score (nSPS) is 22.4. The van der Waals surface area contributed by atoms with E-state index in [1.54, 1.807) is 19.1 Å².